The Balaban J connectivity index is 1.85. The van der Waals surface area contributed by atoms with E-state index >= 15 is 0 Å². The van der Waals surface area contributed by atoms with Gasteiger partial charge in [0, 0.05) is 17.7 Å². The molecular formula is C19H20IN3O4. The van der Waals surface area contributed by atoms with Crippen molar-refractivity contribution >= 4 is 40.3 Å². The minimum absolute atomic E-state index is 0.0319. The molecule has 0 aliphatic rings. The molecule has 2 aromatic rings. The van der Waals surface area contributed by atoms with Gasteiger partial charge in [-0.05, 0) is 58.8 Å². The highest BCUT2D eigenvalue weighted by Gasteiger charge is 2.08. The summed E-state index contributed by atoms with van der Waals surface area (Å²) in [6.45, 7) is 0.343. The molecule has 4 N–H and O–H groups in total. The van der Waals surface area contributed by atoms with Crippen LogP contribution in [0, 0.1) is 8.98 Å². The predicted molar refractivity (Wildman–Crippen MR) is 110 cm³/mol. The summed E-state index contributed by atoms with van der Waals surface area (Å²) < 4.78 is 10.8. The zero-order valence-corrected chi connectivity index (χ0v) is 16.9. The van der Waals surface area contributed by atoms with Crippen LogP contribution in [0.3, 0.4) is 0 Å². The van der Waals surface area contributed by atoms with E-state index in [4.69, 9.17) is 15.9 Å². The van der Waals surface area contributed by atoms with Crippen molar-refractivity contribution in [3.63, 3.8) is 0 Å². The van der Waals surface area contributed by atoms with Crippen molar-refractivity contribution in [1.29, 1.82) is 5.41 Å². The molecule has 0 fully saturated rings. The summed E-state index contributed by atoms with van der Waals surface area (Å²) in [7, 11) is 1.31. The van der Waals surface area contributed by atoms with Gasteiger partial charge >= 0.3 is 5.97 Å². The topological polar surface area (TPSA) is 114 Å². The molecule has 0 heterocycles. The van der Waals surface area contributed by atoms with Crippen LogP contribution < -0.4 is 15.8 Å². The molecule has 0 unspecified atom stereocenters. The van der Waals surface area contributed by atoms with Crippen LogP contribution in [0.1, 0.15) is 21.5 Å². The highest BCUT2D eigenvalue weighted by Crippen LogP contribution is 2.22. The number of nitrogens with two attached hydrogens (primary N) is 1. The van der Waals surface area contributed by atoms with Crippen molar-refractivity contribution in [3.05, 3.63) is 62.7 Å². The molecule has 0 aromatic heterocycles. The minimum atomic E-state index is -0.436. The van der Waals surface area contributed by atoms with Crippen LogP contribution in [0.2, 0.25) is 0 Å². The molecule has 27 heavy (non-hydrogen) atoms. The van der Waals surface area contributed by atoms with Gasteiger partial charge in [-0.1, -0.05) is 18.2 Å². The monoisotopic (exact) mass is 481 g/mol. The maximum atomic E-state index is 12.2. The molecule has 0 saturated carbocycles. The number of ether oxygens (including phenoxy) is 2. The Labute approximate surface area is 170 Å². The Morgan fingerprint density at radius 1 is 1.15 bits per heavy atom. The molecule has 0 saturated heterocycles. The maximum absolute atomic E-state index is 12.2. The lowest BCUT2D eigenvalue weighted by atomic mass is 10.1. The molecule has 0 aliphatic carbocycles. The summed E-state index contributed by atoms with van der Waals surface area (Å²) in [6.07, 6.45) is 0.657. The predicted octanol–water partition coefficient (Wildman–Crippen LogP) is 2.10. The third kappa shape index (κ3) is 6.24. The van der Waals surface area contributed by atoms with Gasteiger partial charge in [-0.2, -0.15) is 0 Å². The van der Waals surface area contributed by atoms with Gasteiger partial charge in [0.1, 0.15) is 11.6 Å². The Bertz CT molecular complexity index is 837. The normalized spacial score (nSPS) is 10.1. The fourth-order valence-corrected chi connectivity index (χ4v) is 2.97. The Morgan fingerprint density at radius 2 is 1.81 bits per heavy atom. The number of benzene rings is 2. The Morgan fingerprint density at radius 3 is 2.41 bits per heavy atom. The SMILES string of the molecule is COC(=O)COc1ccc(CCNC(=O)c2ccc(C(=N)N)cc2)cc1I. The van der Waals surface area contributed by atoms with E-state index in [0.29, 0.717) is 29.8 Å². The number of nitrogens with one attached hydrogen (secondary N) is 2. The summed E-state index contributed by atoms with van der Waals surface area (Å²) in [5.41, 5.74) is 7.53. The molecule has 7 nitrogen and oxygen atoms in total. The fraction of sp³-hybridized carbons (Fsp3) is 0.211. The van der Waals surface area contributed by atoms with Crippen LogP contribution in [0.15, 0.2) is 42.5 Å². The third-order valence-electron chi connectivity index (χ3n) is 3.73. The Hall–Kier alpha value is -2.62. The average Bonchev–Trinajstić information content (AvgIpc) is 2.67. The molecule has 0 aliphatic heterocycles. The number of hydrogen-bond acceptors (Lipinski definition) is 5. The number of nitrogen functional groups attached to an aromatic ring is 1. The second-order valence-corrected chi connectivity index (χ2v) is 6.79. The van der Waals surface area contributed by atoms with E-state index in [1.54, 1.807) is 30.3 Å². The number of methoxy groups -OCH3 is 1. The highest BCUT2D eigenvalue weighted by molar-refractivity contribution is 14.1. The molecule has 0 spiro atoms. The molecule has 0 bridgehead atoms. The van der Waals surface area contributed by atoms with Crippen LogP contribution in [0.25, 0.3) is 0 Å². The highest BCUT2D eigenvalue weighted by atomic mass is 127. The van der Waals surface area contributed by atoms with Gasteiger partial charge in [0.15, 0.2) is 6.61 Å². The lowest BCUT2D eigenvalue weighted by Gasteiger charge is -2.10. The molecular weight excluding hydrogens is 461 g/mol. The minimum Gasteiger partial charge on any atom is -0.481 e. The molecule has 8 heteroatoms. The summed E-state index contributed by atoms with van der Waals surface area (Å²) in [6, 6.07) is 12.2. The summed E-state index contributed by atoms with van der Waals surface area (Å²) in [5.74, 6) is -0.0401. The molecule has 0 atom stereocenters. The number of carbonyl (C=O) groups is 2. The fourth-order valence-electron chi connectivity index (χ4n) is 2.24. The van der Waals surface area contributed by atoms with E-state index in [0.717, 1.165) is 9.13 Å². The average molecular weight is 481 g/mol. The zero-order valence-electron chi connectivity index (χ0n) is 14.8. The smallest absolute Gasteiger partial charge is 0.343 e. The third-order valence-corrected chi connectivity index (χ3v) is 4.57. The standard InChI is InChI=1S/C19H20IN3O4/c1-26-17(24)11-27-16-7-2-12(10-15(16)20)8-9-23-19(25)14-5-3-13(4-6-14)18(21)22/h2-7,10H,8-9,11H2,1H3,(H3,21,22)(H,23,25). The van der Waals surface area contributed by atoms with Crippen LogP contribution in [0.5, 0.6) is 5.75 Å². The van der Waals surface area contributed by atoms with E-state index < -0.39 is 5.97 Å². The van der Waals surface area contributed by atoms with Crippen molar-refractivity contribution in [2.75, 3.05) is 20.3 Å². The van der Waals surface area contributed by atoms with Crippen LogP contribution in [-0.4, -0.2) is 38.0 Å². The molecule has 2 aromatic carbocycles. The number of amidine groups is 1. The van der Waals surface area contributed by atoms with E-state index in [2.05, 4.69) is 32.6 Å². The first-order chi connectivity index (χ1) is 12.9. The maximum Gasteiger partial charge on any atom is 0.343 e. The number of hydrogen-bond donors (Lipinski definition) is 3. The van der Waals surface area contributed by atoms with E-state index in [9.17, 15) is 9.59 Å². The van der Waals surface area contributed by atoms with Gasteiger partial charge in [-0.15, -0.1) is 0 Å². The zero-order chi connectivity index (χ0) is 19.8. The molecule has 2 rings (SSSR count). The second kappa shape index (κ2) is 9.91. The summed E-state index contributed by atoms with van der Waals surface area (Å²) >= 11 is 2.14. The summed E-state index contributed by atoms with van der Waals surface area (Å²) in [5, 5.41) is 10.2. The van der Waals surface area contributed by atoms with Gasteiger partial charge in [-0.25, -0.2) is 4.79 Å². The number of amides is 1. The number of halogens is 1. The van der Waals surface area contributed by atoms with Gasteiger partial charge in [-0.3, -0.25) is 10.2 Å². The van der Waals surface area contributed by atoms with E-state index in [-0.39, 0.29) is 18.3 Å². The quantitative estimate of drug-likeness (QED) is 0.231. The number of carbonyl (C=O) groups excluding carboxylic acids is 2. The van der Waals surface area contributed by atoms with Gasteiger partial charge < -0.3 is 20.5 Å². The van der Waals surface area contributed by atoms with Gasteiger partial charge in [0.2, 0.25) is 0 Å². The van der Waals surface area contributed by atoms with Gasteiger partial charge in [0.05, 0.1) is 10.7 Å². The van der Waals surface area contributed by atoms with Crippen LogP contribution >= 0.6 is 22.6 Å². The second-order valence-electron chi connectivity index (χ2n) is 5.63. The van der Waals surface area contributed by atoms with Crippen LogP contribution in [-0.2, 0) is 16.0 Å². The number of esters is 1. The van der Waals surface area contributed by atoms with Crippen molar-refractivity contribution < 1.29 is 19.1 Å². The molecule has 1 amide bonds. The molecule has 142 valence electrons. The molecule has 0 radical (unpaired) electrons. The lowest BCUT2D eigenvalue weighted by molar-refractivity contribution is -0.142. The van der Waals surface area contributed by atoms with E-state index in [1.165, 1.54) is 7.11 Å². The van der Waals surface area contributed by atoms with Gasteiger partial charge in [0.25, 0.3) is 5.91 Å². The first-order valence-corrected chi connectivity index (χ1v) is 9.19. The first kappa shape index (κ1) is 20.7. The van der Waals surface area contributed by atoms with Crippen molar-refractivity contribution in [1.82, 2.24) is 5.32 Å². The summed E-state index contributed by atoms with van der Waals surface area (Å²) in [4.78, 5) is 23.3. The number of rotatable bonds is 8. The first-order valence-electron chi connectivity index (χ1n) is 8.11. The van der Waals surface area contributed by atoms with Crippen molar-refractivity contribution in [2.45, 2.75) is 6.42 Å². The lowest BCUT2D eigenvalue weighted by Crippen LogP contribution is -2.25. The largest absolute Gasteiger partial charge is 0.481 e. The van der Waals surface area contributed by atoms with Crippen LogP contribution in [0.4, 0.5) is 0 Å². The van der Waals surface area contributed by atoms with E-state index in [1.807, 2.05) is 12.1 Å². The van der Waals surface area contributed by atoms with Crippen molar-refractivity contribution in [2.24, 2.45) is 5.73 Å². The van der Waals surface area contributed by atoms with Crippen molar-refractivity contribution in [3.8, 4) is 5.75 Å². The Kier molecular flexibility index (Phi) is 7.59.